The van der Waals surface area contributed by atoms with E-state index in [1.165, 1.54) is 11.1 Å². The Morgan fingerprint density at radius 2 is 1.69 bits per heavy atom. The number of alkyl carbamates (subject to hydrolysis) is 1. The highest BCUT2D eigenvalue weighted by Crippen LogP contribution is 2.44. The summed E-state index contributed by atoms with van der Waals surface area (Å²) >= 11 is 0. The molecule has 1 fully saturated rings. The molecule has 0 aromatic heterocycles. The smallest absolute Gasteiger partial charge is 0.407 e. The minimum absolute atomic E-state index is 0.00427. The van der Waals surface area contributed by atoms with Crippen molar-refractivity contribution in [3.63, 3.8) is 0 Å². The van der Waals surface area contributed by atoms with Crippen LogP contribution in [-0.4, -0.2) is 42.3 Å². The van der Waals surface area contributed by atoms with Crippen LogP contribution in [0.25, 0.3) is 11.1 Å². The topological polar surface area (TPSA) is 105 Å². The molecule has 0 saturated heterocycles. The number of carboxylic acids is 1. The minimum Gasteiger partial charge on any atom is -0.481 e. The van der Waals surface area contributed by atoms with E-state index in [1.54, 1.807) is 6.92 Å². The number of carbonyl (C=O) groups excluding carboxylic acids is 2. The molecule has 0 aliphatic heterocycles. The first-order valence-electron chi connectivity index (χ1n) is 12.4. The largest absolute Gasteiger partial charge is 0.481 e. The van der Waals surface area contributed by atoms with Crippen LogP contribution in [0.5, 0.6) is 0 Å². The van der Waals surface area contributed by atoms with Crippen molar-refractivity contribution in [2.45, 2.75) is 57.9 Å². The minimum atomic E-state index is -0.934. The number of aliphatic carboxylic acids is 1. The van der Waals surface area contributed by atoms with Gasteiger partial charge in [-0.3, -0.25) is 9.59 Å². The Kier molecular flexibility index (Phi) is 7.43. The molecule has 2 aromatic carbocycles. The molecule has 0 radical (unpaired) electrons. The number of nitrogens with one attached hydrogen (secondary N) is 2. The fraction of sp³-hybridized carbons (Fsp3) is 0.464. The molecule has 3 N–H and O–H groups in total. The van der Waals surface area contributed by atoms with Crippen LogP contribution in [0.2, 0.25) is 0 Å². The number of fused-ring (bicyclic) bond motifs is 3. The first-order chi connectivity index (χ1) is 16.8. The van der Waals surface area contributed by atoms with Gasteiger partial charge in [0.2, 0.25) is 5.91 Å². The summed E-state index contributed by atoms with van der Waals surface area (Å²) in [4.78, 5) is 36.7. The summed E-state index contributed by atoms with van der Waals surface area (Å²) in [5, 5.41) is 15.3. The third-order valence-electron chi connectivity index (χ3n) is 7.50. The zero-order chi connectivity index (χ0) is 25.0. The lowest BCUT2D eigenvalue weighted by Gasteiger charge is -2.38. The molecule has 7 nitrogen and oxygen atoms in total. The molecule has 2 aliphatic rings. The van der Waals surface area contributed by atoms with Gasteiger partial charge >= 0.3 is 12.1 Å². The fourth-order valence-electron chi connectivity index (χ4n) is 5.37. The highest BCUT2D eigenvalue weighted by Gasteiger charge is 2.43. The van der Waals surface area contributed by atoms with Crippen molar-refractivity contribution in [1.82, 2.24) is 10.6 Å². The lowest BCUT2D eigenvalue weighted by molar-refractivity contribution is -0.152. The molecular formula is C28H34N2O5. The maximum atomic E-state index is 12.6. The number of rotatable bonds is 8. The molecule has 35 heavy (non-hydrogen) atoms. The van der Waals surface area contributed by atoms with Crippen LogP contribution in [0.15, 0.2) is 48.5 Å². The third kappa shape index (κ3) is 5.34. The van der Waals surface area contributed by atoms with Gasteiger partial charge in [0.25, 0.3) is 0 Å². The van der Waals surface area contributed by atoms with Crippen molar-refractivity contribution in [2.24, 2.45) is 11.3 Å². The predicted molar refractivity (Wildman–Crippen MR) is 133 cm³/mol. The first kappa shape index (κ1) is 24.8. The van der Waals surface area contributed by atoms with E-state index in [0.717, 1.165) is 24.0 Å². The van der Waals surface area contributed by atoms with Crippen molar-refractivity contribution in [3.8, 4) is 11.1 Å². The van der Waals surface area contributed by atoms with E-state index in [9.17, 15) is 19.5 Å². The van der Waals surface area contributed by atoms with Crippen LogP contribution in [0.4, 0.5) is 4.79 Å². The second kappa shape index (κ2) is 10.5. The zero-order valence-corrected chi connectivity index (χ0v) is 20.4. The van der Waals surface area contributed by atoms with Crippen LogP contribution in [-0.2, 0) is 14.3 Å². The molecule has 0 heterocycles. The summed E-state index contributed by atoms with van der Waals surface area (Å²) in [7, 11) is 0. The molecule has 0 spiro atoms. The van der Waals surface area contributed by atoms with Gasteiger partial charge in [-0.25, -0.2) is 4.79 Å². The van der Waals surface area contributed by atoms with E-state index in [0.29, 0.717) is 19.4 Å². The monoisotopic (exact) mass is 478 g/mol. The van der Waals surface area contributed by atoms with Gasteiger partial charge in [0, 0.05) is 24.9 Å². The quantitative estimate of drug-likeness (QED) is 0.510. The lowest BCUT2D eigenvalue weighted by Crippen LogP contribution is -2.52. The van der Waals surface area contributed by atoms with Gasteiger partial charge in [-0.15, -0.1) is 0 Å². The van der Waals surface area contributed by atoms with E-state index in [2.05, 4.69) is 34.9 Å². The number of carboxylic acid groups (broad SMARTS) is 1. The Hall–Kier alpha value is -3.35. The molecule has 4 rings (SSSR count). The van der Waals surface area contributed by atoms with Crippen molar-refractivity contribution >= 4 is 18.0 Å². The predicted octanol–water partition coefficient (Wildman–Crippen LogP) is 4.70. The average molecular weight is 479 g/mol. The SMILES string of the molecule is CC(CNC(=O)OCC1c2ccccc2-c2ccccc21)CC(=O)NC1CCCCC1(C)C(=O)O. The number of benzene rings is 2. The maximum Gasteiger partial charge on any atom is 0.407 e. The van der Waals surface area contributed by atoms with Crippen molar-refractivity contribution in [1.29, 1.82) is 0 Å². The lowest BCUT2D eigenvalue weighted by atomic mass is 9.71. The van der Waals surface area contributed by atoms with Crippen LogP contribution in [0.1, 0.15) is 63.0 Å². The van der Waals surface area contributed by atoms with E-state index >= 15 is 0 Å². The molecular weight excluding hydrogens is 444 g/mol. The number of ether oxygens (including phenoxy) is 1. The number of amides is 2. The number of carbonyl (C=O) groups is 3. The van der Waals surface area contributed by atoms with E-state index in [1.807, 2.05) is 31.2 Å². The summed E-state index contributed by atoms with van der Waals surface area (Å²) in [5.74, 6) is -1.18. The summed E-state index contributed by atoms with van der Waals surface area (Å²) in [6, 6.07) is 16.0. The van der Waals surface area contributed by atoms with Crippen molar-refractivity contribution < 1.29 is 24.2 Å². The van der Waals surface area contributed by atoms with Crippen LogP contribution in [0.3, 0.4) is 0 Å². The van der Waals surface area contributed by atoms with Gasteiger partial charge in [-0.1, -0.05) is 68.3 Å². The Labute approximate surface area is 206 Å². The standard InChI is InChI=1S/C28H34N2O5/c1-18(15-25(31)30-24-13-7-8-14-28(24,2)26(32)33)16-29-27(34)35-17-23-21-11-5-3-9-19(21)20-10-4-6-12-22(20)23/h3-6,9-12,18,23-24H,7-8,13-17H2,1-2H3,(H,29,34)(H,30,31)(H,32,33). The Morgan fingerprint density at radius 3 is 2.31 bits per heavy atom. The molecule has 2 aromatic rings. The van der Waals surface area contributed by atoms with E-state index < -0.39 is 17.5 Å². The molecule has 2 aliphatic carbocycles. The highest BCUT2D eigenvalue weighted by atomic mass is 16.5. The Morgan fingerprint density at radius 1 is 1.06 bits per heavy atom. The maximum absolute atomic E-state index is 12.6. The first-order valence-corrected chi connectivity index (χ1v) is 12.4. The number of hydrogen-bond donors (Lipinski definition) is 3. The van der Waals surface area contributed by atoms with Crippen molar-refractivity contribution in [2.75, 3.05) is 13.2 Å². The summed E-state index contributed by atoms with van der Waals surface area (Å²) in [6.45, 7) is 4.12. The van der Waals surface area contributed by atoms with E-state index in [-0.39, 0.29) is 36.8 Å². The van der Waals surface area contributed by atoms with Crippen LogP contribution >= 0.6 is 0 Å². The molecule has 2 amide bonds. The van der Waals surface area contributed by atoms with Gasteiger partial charge in [-0.2, -0.15) is 0 Å². The second-order valence-electron chi connectivity index (χ2n) is 10.1. The second-order valence-corrected chi connectivity index (χ2v) is 10.1. The highest BCUT2D eigenvalue weighted by molar-refractivity contribution is 5.80. The summed E-state index contributed by atoms with van der Waals surface area (Å²) < 4.78 is 5.55. The van der Waals surface area contributed by atoms with Crippen LogP contribution in [0, 0.1) is 11.3 Å². The Bertz CT molecular complexity index is 1050. The fourth-order valence-corrected chi connectivity index (χ4v) is 5.37. The van der Waals surface area contributed by atoms with Gasteiger partial charge < -0.3 is 20.5 Å². The zero-order valence-electron chi connectivity index (χ0n) is 20.4. The summed E-state index contributed by atoms with van der Waals surface area (Å²) in [5.41, 5.74) is 3.73. The Balaban J connectivity index is 1.24. The molecule has 0 bridgehead atoms. The van der Waals surface area contributed by atoms with Gasteiger partial charge in [-0.05, 0) is 47.9 Å². The average Bonchev–Trinajstić information content (AvgIpc) is 3.16. The molecule has 3 unspecified atom stereocenters. The molecule has 7 heteroatoms. The van der Waals surface area contributed by atoms with E-state index in [4.69, 9.17) is 4.74 Å². The van der Waals surface area contributed by atoms with Crippen molar-refractivity contribution in [3.05, 3.63) is 59.7 Å². The number of hydrogen-bond acceptors (Lipinski definition) is 4. The van der Waals surface area contributed by atoms with Gasteiger partial charge in [0.1, 0.15) is 6.61 Å². The van der Waals surface area contributed by atoms with Gasteiger partial charge in [0.05, 0.1) is 5.41 Å². The third-order valence-corrected chi connectivity index (χ3v) is 7.50. The molecule has 186 valence electrons. The molecule has 3 atom stereocenters. The summed E-state index contributed by atoms with van der Waals surface area (Å²) in [6.07, 6.45) is 2.69. The molecule has 1 saturated carbocycles. The van der Waals surface area contributed by atoms with Gasteiger partial charge in [0.15, 0.2) is 0 Å². The van der Waals surface area contributed by atoms with Crippen LogP contribution < -0.4 is 10.6 Å². The normalized spacial score (nSPS) is 21.9.